The monoisotopic (exact) mass is 362 g/mol. The number of rotatable bonds is 6. The molecule has 1 aromatic rings. The van der Waals surface area contributed by atoms with Crippen LogP contribution in [-0.2, 0) is 9.59 Å². The van der Waals surface area contributed by atoms with Gasteiger partial charge in [0, 0.05) is 26.2 Å². The molecular formula is C19H26N2O5. The fourth-order valence-electron chi connectivity index (χ4n) is 3.73. The number of carbonyl (C=O) groups excluding carboxylic acids is 1. The summed E-state index contributed by atoms with van der Waals surface area (Å²) in [6.45, 7) is 4.52. The van der Waals surface area contributed by atoms with Crippen LogP contribution < -0.4 is 9.47 Å². The molecule has 7 heteroatoms. The van der Waals surface area contributed by atoms with Gasteiger partial charge in [-0.2, -0.15) is 0 Å². The van der Waals surface area contributed by atoms with Crippen LogP contribution in [0.1, 0.15) is 31.4 Å². The van der Waals surface area contributed by atoms with Crippen LogP contribution in [0.15, 0.2) is 18.2 Å². The van der Waals surface area contributed by atoms with Crippen molar-refractivity contribution < 1.29 is 24.2 Å². The number of ether oxygens (including phenoxy) is 2. The van der Waals surface area contributed by atoms with Crippen LogP contribution in [0.3, 0.4) is 0 Å². The van der Waals surface area contributed by atoms with Crippen molar-refractivity contribution in [3.05, 3.63) is 23.8 Å². The van der Waals surface area contributed by atoms with Crippen LogP contribution >= 0.6 is 0 Å². The van der Waals surface area contributed by atoms with Gasteiger partial charge in [-0.25, -0.2) is 0 Å². The normalized spacial score (nSPS) is 22.2. The van der Waals surface area contributed by atoms with Crippen molar-refractivity contribution in [2.75, 3.05) is 39.9 Å². The topological polar surface area (TPSA) is 79.3 Å². The Morgan fingerprint density at radius 1 is 1.27 bits per heavy atom. The van der Waals surface area contributed by atoms with E-state index in [0.717, 1.165) is 12.0 Å². The molecular weight excluding hydrogens is 336 g/mol. The first-order valence-electron chi connectivity index (χ1n) is 9.11. The third-order valence-corrected chi connectivity index (χ3v) is 5.05. The van der Waals surface area contributed by atoms with Gasteiger partial charge in [0.25, 0.3) is 0 Å². The lowest BCUT2D eigenvalue weighted by Crippen LogP contribution is -2.39. The molecule has 2 unspecified atom stereocenters. The summed E-state index contributed by atoms with van der Waals surface area (Å²) in [4.78, 5) is 27.9. The molecule has 1 aromatic carbocycles. The van der Waals surface area contributed by atoms with Crippen LogP contribution in [0.2, 0.25) is 0 Å². The van der Waals surface area contributed by atoms with Gasteiger partial charge in [0.1, 0.15) is 13.2 Å². The largest absolute Gasteiger partial charge is 0.486 e. The Bertz CT molecular complexity index is 678. The number of fused-ring (bicyclic) bond motifs is 1. The van der Waals surface area contributed by atoms with Crippen molar-refractivity contribution in [1.82, 2.24) is 9.80 Å². The van der Waals surface area contributed by atoms with E-state index in [0.29, 0.717) is 44.2 Å². The molecule has 2 heterocycles. The van der Waals surface area contributed by atoms with Gasteiger partial charge in [-0.3, -0.25) is 14.5 Å². The second-order valence-electron chi connectivity index (χ2n) is 6.87. The number of aliphatic carboxylic acids is 1. The number of benzene rings is 1. The van der Waals surface area contributed by atoms with E-state index in [-0.39, 0.29) is 18.5 Å². The van der Waals surface area contributed by atoms with Crippen molar-refractivity contribution in [2.45, 2.75) is 25.8 Å². The minimum absolute atomic E-state index is 0.0143. The standard InChI is InChI=1S/C19H26N2O5/c1-3-7-20(2)17(22)12-21-8-6-14(19(23)24)18(21)13-4-5-15-16(11-13)26-10-9-25-15/h4-5,11,14,18H,3,6-10,12H2,1-2H3,(H,23,24). The van der Waals surface area contributed by atoms with E-state index in [1.54, 1.807) is 11.9 Å². The fourth-order valence-corrected chi connectivity index (χ4v) is 3.73. The zero-order valence-electron chi connectivity index (χ0n) is 15.3. The number of carboxylic acid groups (broad SMARTS) is 1. The molecule has 0 bridgehead atoms. The number of likely N-dealkylation sites (N-methyl/N-ethyl adjacent to an activating group) is 1. The van der Waals surface area contributed by atoms with E-state index in [9.17, 15) is 14.7 Å². The second-order valence-corrected chi connectivity index (χ2v) is 6.87. The first-order chi connectivity index (χ1) is 12.5. The average molecular weight is 362 g/mol. The molecule has 2 aliphatic heterocycles. The summed E-state index contributed by atoms with van der Waals surface area (Å²) >= 11 is 0. The lowest BCUT2D eigenvalue weighted by molar-refractivity contribution is -0.143. The van der Waals surface area contributed by atoms with Gasteiger partial charge in [0.15, 0.2) is 11.5 Å². The lowest BCUT2D eigenvalue weighted by atomic mass is 9.93. The average Bonchev–Trinajstić information content (AvgIpc) is 3.05. The predicted octanol–water partition coefficient (Wildman–Crippen LogP) is 1.77. The van der Waals surface area contributed by atoms with Crippen molar-refractivity contribution in [1.29, 1.82) is 0 Å². The Morgan fingerprint density at radius 2 is 2.00 bits per heavy atom. The maximum Gasteiger partial charge on any atom is 0.308 e. The highest BCUT2D eigenvalue weighted by molar-refractivity contribution is 5.78. The third-order valence-electron chi connectivity index (χ3n) is 5.05. The number of hydrogen-bond acceptors (Lipinski definition) is 5. The van der Waals surface area contributed by atoms with Crippen LogP contribution in [0.5, 0.6) is 11.5 Å². The molecule has 0 aliphatic carbocycles. The summed E-state index contributed by atoms with van der Waals surface area (Å²) in [7, 11) is 1.79. The molecule has 1 fully saturated rings. The minimum atomic E-state index is -0.832. The maximum atomic E-state index is 12.5. The van der Waals surface area contributed by atoms with Crippen molar-refractivity contribution in [3.63, 3.8) is 0 Å². The highest BCUT2D eigenvalue weighted by atomic mass is 16.6. The van der Waals surface area contributed by atoms with Gasteiger partial charge in [-0.15, -0.1) is 0 Å². The SMILES string of the molecule is CCCN(C)C(=O)CN1CCC(C(=O)O)C1c1ccc2c(c1)OCCO2. The Labute approximate surface area is 153 Å². The molecule has 1 saturated heterocycles. The number of carboxylic acids is 1. The minimum Gasteiger partial charge on any atom is -0.486 e. The quantitative estimate of drug-likeness (QED) is 0.831. The molecule has 1 amide bonds. The fraction of sp³-hybridized carbons (Fsp3) is 0.579. The highest BCUT2D eigenvalue weighted by Crippen LogP contribution is 2.41. The van der Waals surface area contributed by atoms with Gasteiger partial charge in [-0.1, -0.05) is 13.0 Å². The molecule has 1 N–H and O–H groups in total. The molecule has 2 atom stereocenters. The molecule has 0 aromatic heterocycles. The summed E-state index contributed by atoms with van der Waals surface area (Å²) in [5.41, 5.74) is 0.852. The van der Waals surface area contributed by atoms with E-state index >= 15 is 0 Å². The first kappa shape index (κ1) is 18.5. The number of carbonyl (C=O) groups is 2. The van der Waals surface area contributed by atoms with E-state index in [1.807, 2.05) is 30.0 Å². The molecule has 142 valence electrons. The van der Waals surface area contributed by atoms with Gasteiger partial charge in [0.05, 0.1) is 12.5 Å². The number of hydrogen-bond donors (Lipinski definition) is 1. The van der Waals surface area contributed by atoms with Gasteiger partial charge < -0.3 is 19.5 Å². The number of likely N-dealkylation sites (tertiary alicyclic amines) is 1. The zero-order valence-corrected chi connectivity index (χ0v) is 15.3. The second kappa shape index (κ2) is 7.95. The molecule has 2 aliphatic rings. The molecule has 3 rings (SSSR count). The summed E-state index contributed by atoms with van der Waals surface area (Å²) < 4.78 is 11.2. The smallest absolute Gasteiger partial charge is 0.308 e. The summed E-state index contributed by atoms with van der Waals surface area (Å²) in [6, 6.07) is 5.22. The lowest BCUT2D eigenvalue weighted by Gasteiger charge is -2.29. The number of amides is 1. The Balaban J connectivity index is 1.84. The molecule has 0 spiro atoms. The Morgan fingerprint density at radius 3 is 2.69 bits per heavy atom. The highest BCUT2D eigenvalue weighted by Gasteiger charge is 2.41. The third kappa shape index (κ3) is 3.77. The molecule has 0 saturated carbocycles. The Kier molecular flexibility index (Phi) is 5.66. The van der Waals surface area contributed by atoms with E-state index in [2.05, 4.69) is 0 Å². The van der Waals surface area contributed by atoms with Crippen molar-refractivity contribution >= 4 is 11.9 Å². The van der Waals surface area contributed by atoms with Crippen molar-refractivity contribution in [3.8, 4) is 11.5 Å². The van der Waals surface area contributed by atoms with Crippen LogP contribution in [0.25, 0.3) is 0 Å². The van der Waals surface area contributed by atoms with Crippen LogP contribution in [0.4, 0.5) is 0 Å². The van der Waals surface area contributed by atoms with Crippen LogP contribution in [0, 0.1) is 5.92 Å². The van der Waals surface area contributed by atoms with E-state index in [4.69, 9.17) is 9.47 Å². The summed E-state index contributed by atoms with van der Waals surface area (Å²) in [5, 5.41) is 9.65. The van der Waals surface area contributed by atoms with Crippen molar-refractivity contribution in [2.24, 2.45) is 5.92 Å². The zero-order chi connectivity index (χ0) is 18.7. The first-order valence-corrected chi connectivity index (χ1v) is 9.11. The maximum absolute atomic E-state index is 12.5. The van der Waals surface area contributed by atoms with E-state index in [1.165, 1.54) is 0 Å². The number of nitrogens with zero attached hydrogens (tertiary/aromatic N) is 2. The molecule has 26 heavy (non-hydrogen) atoms. The van der Waals surface area contributed by atoms with Crippen LogP contribution in [-0.4, -0.2) is 66.7 Å². The molecule has 7 nitrogen and oxygen atoms in total. The molecule has 0 radical (unpaired) electrons. The van der Waals surface area contributed by atoms with Gasteiger partial charge >= 0.3 is 5.97 Å². The van der Waals surface area contributed by atoms with Gasteiger partial charge in [-0.05, 0) is 30.5 Å². The van der Waals surface area contributed by atoms with E-state index < -0.39 is 11.9 Å². The summed E-state index contributed by atoms with van der Waals surface area (Å²) in [5.74, 6) is -0.0432. The van der Waals surface area contributed by atoms with Gasteiger partial charge in [0.2, 0.25) is 5.91 Å². The predicted molar refractivity (Wildman–Crippen MR) is 95.4 cm³/mol. The Hall–Kier alpha value is -2.28. The summed E-state index contributed by atoms with van der Waals surface area (Å²) in [6.07, 6.45) is 1.42.